The second-order valence-corrected chi connectivity index (χ2v) is 6.68. The minimum absolute atomic E-state index is 0.0309. The average molecular weight is 264 g/mol. The van der Waals surface area contributed by atoms with E-state index in [-0.39, 0.29) is 11.6 Å². The fourth-order valence-corrected chi connectivity index (χ4v) is 4.59. The van der Waals surface area contributed by atoms with E-state index in [2.05, 4.69) is 0 Å². The zero-order valence-electron chi connectivity index (χ0n) is 10.4. The predicted molar refractivity (Wildman–Crippen MR) is 71.8 cm³/mol. The molecule has 4 unspecified atom stereocenters. The molecular formula is C15H18ClNO. The standard InChI is InChI=1S/C15H18ClNO/c16-11-3-4-14-12(6-11)13(17)8-15(18-14)7-9-1-2-10(15)5-9/h3-4,6,9-10,13H,1-2,5,7-8,17H2. The van der Waals surface area contributed by atoms with Crippen LogP contribution in [-0.2, 0) is 0 Å². The Kier molecular flexibility index (Phi) is 2.25. The van der Waals surface area contributed by atoms with E-state index in [1.165, 1.54) is 25.7 Å². The van der Waals surface area contributed by atoms with Crippen molar-refractivity contribution in [2.24, 2.45) is 17.6 Å². The Morgan fingerprint density at radius 2 is 2.17 bits per heavy atom. The van der Waals surface area contributed by atoms with E-state index in [0.29, 0.717) is 0 Å². The molecule has 2 fully saturated rings. The highest BCUT2D eigenvalue weighted by molar-refractivity contribution is 6.30. The molecule has 1 heterocycles. The minimum Gasteiger partial charge on any atom is -0.487 e. The lowest BCUT2D eigenvalue weighted by Crippen LogP contribution is -2.47. The highest BCUT2D eigenvalue weighted by Crippen LogP contribution is 2.57. The van der Waals surface area contributed by atoms with Gasteiger partial charge >= 0.3 is 0 Å². The number of hydrogen-bond donors (Lipinski definition) is 1. The summed E-state index contributed by atoms with van der Waals surface area (Å²) in [6.45, 7) is 0. The van der Waals surface area contributed by atoms with Crippen molar-refractivity contribution in [2.75, 3.05) is 0 Å². The third-order valence-corrected chi connectivity index (χ3v) is 5.40. The summed E-state index contributed by atoms with van der Waals surface area (Å²) in [7, 11) is 0. The SMILES string of the molecule is NC1CC2(CC3CCC2C3)Oc2ccc(Cl)cc21. The van der Waals surface area contributed by atoms with Crippen LogP contribution >= 0.6 is 11.6 Å². The van der Waals surface area contributed by atoms with Gasteiger partial charge in [-0.05, 0) is 55.7 Å². The second-order valence-electron chi connectivity index (χ2n) is 6.24. The summed E-state index contributed by atoms with van der Waals surface area (Å²) in [4.78, 5) is 0. The first kappa shape index (κ1) is 11.1. The van der Waals surface area contributed by atoms with Crippen LogP contribution in [0.25, 0.3) is 0 Å². The van der Waals surface area contributed by atoms with Crippen molar-refractivity contribution in [2.45, 2.75) is 43.7 Å². The molecule has 2 aliphatic carbocycles. The number of fused-ring (bicyclic) bond motifs is 4. The van der Waals surface area contributed by atoms with Gasteiger partial charge in [0.25, 0.3) is 0 Å². The Hall–Kier alpha value is -0.730. The zero-order chi connectivity index (χ0) is 12.3. The zero-order valence-corrected chi connectivity index (χ0v) is 11.1. The van der Waals surface area contributed by atoms with Gasteiger partial charge in [0.15, 0.2) is 0 Å². The number of halogens is 1. The Morgan fingerprint density at radius 3 is 2.89 bits per heavy atom. The van der Waals surface area contributed by atoms with Gasteiger partial charge in [0.1, 0.15) is 11.4 Å². The molecule has 4 atom stereocenters. The van der Waals surface area contributed by atoms with Crippen LogP contribution in [0.15, 0.2) is 18.2 Å². The van der Waals surface area contributed by atoms with Crippen LogP contribution in [0.2, 0.25) is 5.02 Å². The molecule has 2 saturated carbocycles. The first-order valence-electron chi connectivity index (χ1n) is 6.90. The van der Waals surface area contributed by atoms with Crippen molar-refractivity contribution in [1.82, 2.24) is 0 Å². The first-order valence-corrected chi connectivity index (χ1v) is 7.28. The van der Waals surface area contributed by atoms with Gasteiger partial charge in [0.05, 0.1) is 0 Å². The quantitative estimate of drug-likeness (QED) is 0.775. The summed E-state index contributed by atoms with van der Waals surface area (Å²) in [5.74, 6) is 2.55. The molecular weight excluding hydrogens is 246 g/mol. The first-order chi connectivity index (χ1) is 8.66. The molecule has 2 bridgehead atoms. The van der Waals surface area contributed by atoms with Crippen LogP contribution in [0.3, 0.4) is 0 Å². The molecule has 2 N–H and O–H groups in total. The molecule has 1 aromatic carbocycles. The van der Waals surface area contributed by atoms with Crippen molar-refractivity contribution >= 4 is 11.6 Å². The molecule has 96 valence electrons. The smallest absolute Gasteiger partial charge is 0.125 e. The van der Waals surface area contributed by atoms with Gasteiger partial charge in [-0.3, -0.25) is 0 Å². The van der Waals surface area contributed by atoms with Crippen molar-refractivity contribution in [3.8, 4) is 5.75 Å². The number of ether oxygens (including phenoxy) is 1. The molecule has 0 aromatic heterocycles. The Labute approximate surface area is 112 Å². The van der Waals surface area contributed by atoms with E-state index >= 15 is 0 Å². The molecule has 3 aliphatic rings. The summed E-state index contributed by atoms with van der Waals surface area (Å²) in [6, 6.07) is 5.93. The normalized spacial score (nSPS) is 40.9. The predicted octanol–water partition coefficient (Wildman–Crippen LogP) is 3.68. The van der Waals surface area contributed by atoms with Crippen LogP contribution in [0, 0.1) is 11.8 Å². The molecule has 0 radical (unpaired) electrons. The minimum atomic E-state index is 0.0309. The molecule has 0 amide bonds. The van der Waals surface area contributed by atoms with Crippen molar-refractivity contribution in [3.05, 3.63) is 28.8 Å². The highest BCUT2D eigenvalue weighted by atomic mass is 35.5. The van der Waals surface area contributed by atoms with Crippen LogP contribution in [0.5, 0.6) is 5.75 Å². The molecule has 18 heavy (non-hydrogen) atoms. The lowest BCUT2D eigenvalue weighted by Gasteiger charge is -2.44. The second kappa shape index (κ2) is 3.64. The van der Waals surface area contributed by atoms with Gasteiger partial charge in [-0.25, -0.2) is 0 Å². The van der Waals surface area contributed by atoms with E-state index < -0.39 is 0 Å². The van der Waals surface area contributed by atoms with Gasteiger partial charge in [-0.15, -0.1) is 0 Å². The van der Waals surface area contributed by atoms with Crippen LogP contribution in [0.4, 0.5) is 0 Å². The van der Waals surface area contributed by atoms with Gasteiger partial charge in [0.2, 0.25) is 0 Å². The van der Waals surface area contributed by atoms with E-state index in [9.17, 15) is 0 Å². The summed E-state index contributed by atoms with van der Waals surface area (Å²) < 4.78 is 6.40. The third kappa shape index (κ3) is 1.45. The maximum atomic E-state index is 6.40. The Bertz CT molecular complexity index is 503. The summed E-state index contributed by atoms with van der Waals surface area (Å²) >= 11 is 6.05. The molecule has 4 rings (SSSR count). The van der Waals surface area contributed by atoms with Crippen molar-refractivity contribution in [3.63, 3.8) is 0 Å². The van der Waals surface area contributed by atoms with Crippen molar-refractivity contribution in [1.29, 1.82) is 0 Å². The monoisotopic (exact) mass is 263 g/mol. The summed E-state index contributed by atoms with van der Waals surface area (Å²) in [5.41, 5.74) is 7.47. The lowest BCUT2D eigenvalue weighted by molar-refractivity contribution is -0.0141. The number of benzene rings is 1. The van der Waals surface area contributed by atoms with Crippen LogP contribution in [-0.4, -0.2) is 5.60 Å². The van der Waals surface area contributed by atoms with Crippen molar-refractivity contribution < 1.29 is 4.74 Å². The summed E-state index contributed by atoms with van der Waals surface area (Å²) in [6.07, 6.45) is 6.21. The van der Waals surface area contributed by atoms with Gasteiger partial charge in [-0.1, -0.05) is 11.6 Å². The van der Waals surface area contributed by atoms with Gasteiger partial charge < -0.3 is 10.5 Å². The van der Waals surface area contributed by atoms with E-state index in [1.807, 2.05) is 18.2 Å². The number of hydrogen-bond acceptors (Lipinski definition) is 2. The molecule has 0 saturated heterocycles. The fraction of sp³-hybridized carbons (Fsp3) is 0.600. The molecule has 1 aliphatic heterocycles. The van der Waals surface area contributed by atoms with E-state index in [1.54, 1.807) is 0 Å². The van der Waals surface area contributed by atoms with E-state index in [4.69, 9.17) is 22.1 Å². The molecule has 1 aromatic rings. The number of nitrogens with two attached hydrogens (primary N) is 1. The topological polar surface area (TPSA) is 35.2 Å². The molecule has 3 heteroatoms. The molecule has 1 spiro atoms. The summed E-state index contributed by atoms with van der Waals surface area (Å²) in [5, 5.41) is 0.747. The lowest BCUT2D eigenvalue weighted by atomic mass is 9.76. The third-order valence-electron chi connectivity index (χ3n) is 5.17. The number of rotatable bonds is 0. The van der Waals surface area contributed by atoms with Crippen LogP contribution in [0.1, 0.15) is 43.7 Å². The van der Waals surface area contributed by atoms with E-state index in [0.717, 1.165) is 34.6 Å². The molecule has 2 nitrogen and oxygen atoms in total. The maximum Gasteiger partial charge on any atom is 0.125 e. The maximum absolute atomic E-state index is 6.40. The highest BCUT2D eigenvalue weighted by Gasteiger charge is 2.55. The Morgan fingerprint density at radius 1 is 1.28 bits per heavy atom. The fourth-order valence-electron chi connectivity index (χ4n) is 4.41. The van der Waals surface area contributed by atoms with Crippen LogP contribution < -0.4 is 10.5 Å². The van der Waals surface area contributed by atoms with Gasteiger partial charge in [0, 0.05) is 23.0 Å². The largest absolute Gasteiger partial charge is 0.487 e. The average Bonchev–Trinajstić information content (AvgIpc) is 2.91. The Balaban J connectivity index is 1.74. The van der Waals surface area contributed by atoms with Gasteiger partial charge in [-0.2, -0.15) is 0 Å².